The van der Waals surface area contributed by atoms with Crippen LogP contribution in [-0.2, 0) is 14.8 Å². The van der Waals surface area contributed by atoms with Gasteiger partial charge in [0.2, 0.25) is 16.1 Å². The Hall–Kier alpha value is -1.63. The maximum atomic E-state index is 13.6. The summed E-state index contributed by atoms with van der Waals surface area (Å²) in [7, 11) is -4.14. The van der Waals surface area contributed by atoms with Crippen LogP contribution in [0.25, 0.3) is 0 Å². The van der Waals surface area contributed by atoms with Crippen LogP contribution >= 0.6 is 0 Å². The molecule has 0 amide bonds. The van der Waals surface area contributed by atoms with Crippen molar-refractivity contribution in [2.24, 2.45) is 4.99 Å². The van der Waals surface area contributed by atoms with Gasteiger partial charge in [-0.2, -0.15) is 4.31 Å². The maximum absolute atomic E-state index is 13.6. The Morgan fingerprint density at radius 2 is 2.10 bits per heavy atom. The van der Waals surface area contributed by atoms with E-state index in [1.54, 1.807) is 0 Å². The minimum atomic E-state index is -4.14. The summed E-state index contributed by atoms with van der Waals surface area (Å²) in [6.45, 7) is 0.149. The molecule has 0 aliphatic carbocycles. The van der Waals surface area contributed by atoms with Crippen molar-refractivity contribution in [1.29, 1.82) is 0 Å². The average Bonchev–Trinajstić information content (AvgIpc) is 2.42. The highest BCUT2D eigenvalue weighted by molar-refractivity contribution is 7.89. The van der Waals surface area contributed by atoms with Crippen LogP contribution in [0.15, 0.2) is 28.1 Å². The van der Waals surface area contributed by atoms with Crippen LogP contribution in [0, 0.1) is 11.6 Å². The molecule has 0 spiro atoms. The highest BCUT2D eigenvalue weighted by Gasteiger charge is 2.32. The van der Waals surface area contributed by atoms with Crippen molar-refractivity contribution in [2.75, 3.05) is 13.1 Å². The summed E-state index contributed by atoms with van der Waals surface area (Å²) >= 11 is 0. The van der Waals surface area contributed by atoms with Crippen molar-refractivity contribution in [3.63, 3.8) is 0 Å². The summed E-state index contributed by atoms with van der Waals surface area (Å²) in [6.07, 6.45) is 2.44. The van der Waals surface area contributed by atoms with Gasteiger partial charge < -0.3 is 0 Å². The molecule has 0 N–H and O–H groups in total. The maximum Gasteiger partial charge on any atom is 0.246 e. The summed E-state index contributed by atoms with van der Waals surface area (Å²) in [4.78, 5) is 13.0. The van der Waals surface area contributed by atoms with Gasteiger partial charge in [-0.3, -0.25) is 0 Å². The molecular formula is C12H12F2N2O3S. The highest BCUT2D eigenvalue weighted by atomic mass is 32.2. The zero-order valence-electron chi connectivity index (χ0n) is 10.4. The van der Waals surface area contributed by atoms with Crippen molar-refractivity contribution >= 4 is 16.1 Å². The molecule has 1 atom stereocenters. The van der Waals surface area contributed by atoms with Gasteiger partial charge in [-0.1, -0.05) is 0 Å². The number of rotatable bonds is 3. The van der Waals surface area contributed by atoms with E-state index in [0.717, 1.165) is 16.4 Å². The molecule has 2 rings (SSSR count). The van der Waals surface area contributed by atoms with Crippen molar-refractivity contribution in [3.8, 4) is 0 Å². The average molecular weight is 302 g/mol. The summed E-state index contributed by atoms with van der Waals surface area (Å²) in [6, 6.07) is 1.78. The molecule has 1 aliphatic heterocycles. The topological polar surface area (TPSA) is 66.8 Å². The van der Waals surface area contributed by atoms with E-state index in [-0.39, 0.29) is 13.1 Å². The van der Waals surface area contributed by atoms with E-state index >= 15 is 0 Å². The van der Waals surface area contributed by atoms with E-state index in [4.69, 9.17) is 0 Å². The smallest absolute Gasteiger partial charge is 0.211 e. The largest absolute Gasteiger partial charge is 0.246 e. The van der Waals surface area contributed by atoms with E-state index in [0.29, 0.717) is 18.9 Å². The number of carbonyl (C=O) groups excluding carboxylic acids is 1. The first-order chi connectivity index (χ1) is 9.45. The van der Waals surface area contributed by atoms with Gasteiger partial charge in [0.15, 0.2) is 0 Å². The van der Waals surface area contributed by atoms with Gasteiger partial charge in [-0.25, -0.2) is 27.0 Å². The number of nitrogens with zero attached hydrogens (tertiary/aromatic N) is 2. The van der Waals surface area contributed by atoms with Crippen LogP contribution in [0.3, 0.4) is 0 Å². The lowest BCUT2D eigenvalue weighted by Gasteiger charge is -2.29. The zero-order chi connectivity index (χ0) is 14.8. The number of hydrogen-bond donors (Lipinski definition) is 0. The van der Waals surface area contributed by atoms with E-state index in [1.165, 1.54) is 6.08 Å². The molecule has 20 heavy (non-hydrogen) atoms. The van der Waals surface area contributed by atoms with Gasteiger partial charge in [0, 0.05) is 13.1 Å². The second-order valence-electron chi connectivity index (χ2n) is 4.45. The molecule has 0 radical (unpaired) electrons. The molecule has 0 aromatic heterocycles. The van der Waals surface area contributed by atoms with E-state index in [1.807, 2.05) is 0 Å². The lowest BCUT2D eigenvalue weighted by molar-refractivity contribution is 0.315. The summed E-state index contributed by atoms with van der Waals surface area (Å²) < 4.78 is 52.3. The van der Waals surface area contributed by atoms with Gasteiger partial charge in [-0.15, -0.1) is 0 Å². The van der Waals surface area contributed by atoms with Crippen LogP contribution < -0.4 is 0 Å². The molecule has 5 nitrogen and oxygen atoms in total. The van der Waals surface area contributed by atoms with E-state index < -0.39 is 32.6 Å². The van der Waals surface area contributed by atoms with Crippen LogP contribution in [0.4, 0.5) is 8.78 Å². The predicted octanol–water partition coefficient (Wildman–Crippen LogP) is 1.45. The lowest BCUT2D eigenvalue weighted by atomic mass is 10.1. The first-order valence-electron chi connectivity index (χ1n) is 5.97. The van der Waals surface area contributed by atoms with Gasteiger partial charge in [0.1, 0.15) is 16.5 Å². The second kappa shape index (κ2) is 5.78. The number of halogens is 2. The minimum Gasteiger partial charge on any atom is -0.211 e. The Labute approximate surface area is 115 Å². The number of aliphatic imine (C=N–C) groups is 1. The fraction of sp³-hybridized carbons (Fsp3) is 0.417. The number of isocyanates is 1. The number of sulfonamides is 1. The van der Waals surface area contributed by atoms with Crippen LogP contribution in [0.5, 0.6) is 0 Å². The van der Waals surface area contributed by atoms with Gasteiger partial charge in [-0.05, 0) is 31.0 Å². The van der Waals surface area contributed by atoms with Crippen LogP contribution in [-0.4, -0.2) is 37.9 Å². The Balaban J connectivity index is 2.34. The second-order valence-corrected chi connectivity index (χ2v) is 6.36. The molecular weight excluding hydrogens is 290 g/mol. The van der Waals surface area contributed by atoms with Gasteiger partial charge in [0.25, 0.3) is 0 Å². The van der Waals surface area contributed by atoms with Crippen LogP contribution in [0.2, 0.25) is 0 Å². The lowest BCUT2D eigenvalue weighted by Crippen LogP contribution is -2.41. The molecule has 1 aromatic rings. The Morgan fingerprint density at radius 1 is 1.35 bits per heavy atom. The number of hydrogen-bond acceptors (Lipinski definition) is 4. The molecule has 1 saturated heterocycles. The fourth-order valence-corrected chi connectivity index (χ4v) is 3.73. The molecule has 1 fully saturated rings. The Bertz CT molecular complexity index is 657. The normalized spacial score (nSPS) is 20.4. The van der Waals surface area contributed by atoms with Crippen molar-refractivity contribution in [1.82, 2.24) is 4.31 Å². The number of piperidine rings is 1. The van der Waals surface area contributed by atoms with E-state index in [9.17, 15) is 22.0 Å². The molecule has 1 aromatic carbocycles. The molecule has 108 valence electrons. The molecule has 0 bridgehead atoms. The number of benzene rings is 1. The minimum absolute atomic E-state index is 0.0342. The first-order valence-corrected chi connectivity index (χ1v) is 7.41. The third kappa shape index (κ3) is 2.92. The molecule has 1 heterocycles. The van der Waals surface area contributed by atoms with Gasteiger partial charge in [0.05, 0.1) is 6.04 Å². The van der Waals surface area contributed by atoms with E-state index in [2.05, 4.69) is 4.99 Å². The Kier molecular flexibility index (Phi) is 4.27. The summed E-state index contributed by atoms with van der Waals surface area (Å²) in [5.41, 5.74) is 0. The van der Waals surface area contributed by atoms with Crippen molar-refractivity contribution in [2.45, 2.75) is 23.8 Å². The monoisotopic (exact) mass is 302 g/mol. The quantitative estimate of drug-likeness (QED) is 0.627. The third-order valence-corrected chi connectivity index (χ3v) is 4.99. The SMILES string of the molecule is O=C=NC1CCCN(S(=O)(=O)c2cc(F)ccc2F)C1. The standard InChI is InChI=1S/C12H12F2N2O3S/c13-9-3-4-11(14)12(6-9)20(18,19)16-5-1-2-10(7-16)15-8-17/h3-4,6,10H,1-2,5,7H2. The zero-order valence-corrected chi connectivity index (χ0v) is 11.2. The highest BCUT2D eigenvalue weighted by Crippen LogP contribution is 2.24. The predicted molar refractivity (Wildman–Crippen MR) is 66.3 cm³/mol. The summed E-state index contributed by atoms with van der Waals surface area (Å²) in [5, 5.41) is 0. The van der Waals surface area contributed by atoms with Crippen molar-refractivity contribution < 1.29 is 22.0 Å². The Morgan fingerprint density at radius 3 is 2.80 bits per heavy atom. The molecule has 0 saturated carbocycles. The molecule has 8 heteroatoms. The van der Waals surface area contributed by atoms with Crippen molar-refractivity contribution in [3.05, 3.63) is 29.8 Å². The summed E-state index contributed by atoms with van der Waals surface area (Å²) in [5.74, 6) is -1.84. The first kappa shape index (κ1) is 14.8. The molecule has 1 aliphatic rings. The fourth-order valence-electron chi connectivity index (χ4n) is 2.13. The van der Waals surface area contributed by atoms with Gasteiger partial charge >= 0.3 is 0 Å². The molecule has 1 unspecified atom stereocenters. The third-order valence-electron chi connectivity index (χ3n) is 3.11. The van der Waals surface area contributed by atoms with Crippen LogP contribution in [0.1, 0.15) is 12.8 Å².